The van der Waals surface area contributed by atoms with Crippen LogP contribution in [0.5, 0.6) is 5.75 Å². The molecule has 5 rings (SSSR count). The summed E-state index contributed by atoms with van der Waals surface area (Å²) in [4.78, 5) is 40.6. The van der Waals surface area contributed by atoms with E-state index in [1.165, 1.54) is 4.90 Å². The van der Waals surface area contributed by atoms with Crippen LogP contribution in [0.15, 0.2) is 42.5 Å². The third-order valence-electron chi connectivity index (χ3n) is 11.7. The predicted octanol–water partition coefficient (Wildman–Crippen LogP) is -6.87. The molecule has 0 bridgehead atoms. The van der Waals surface area contributed by atoms with Crippen LogP contribution in [-0.2, 0) is 29.3 Å². The van der Waals surface area contributed by atoms with E-state index in [9.17, 15) is 24.6 Å². The van der Waals surface area contributed by atoms with Crippen molar-refractivity contribution in [3.05, 3.63) is 64.7 Å². The second-order valence-electron chi connectivity index (χ2n) is 14.3. The zero-order chi connectivity index (χ0) is 31.8. The molecule has 3 atom stereocenters. The number of hydrogen-bond acceptors (Lipinski definition) is 7. The van der Waals surface area contributed by atoms with Crippen molar-refractivity contribution in [1.82, 2.24) is 15.1 Å². The molecule has 9 nitrogen and oxygen atoms in total. The molecule has 0 spiro atoms. The van der Waals surface area contributed by atoms with Gasteiger partial charge < -0.3 is 19.8 Å². The van der Waals surface area contributed by atoms with Crippen LogP contribution in [0.1, 0.15) is 39.9 Å². The second-order valence-corrected chi connectivity index (χ2v) is 14.3. The molecule has 2 saturated heterocycles. The lowest BCUT2D eigenvalue weighted by Gasteiger charge is -2.74. The molecule has 43 heavy (non-hydrogen) atoms. The Balaban J connectivity index is 1.30. The molecule has 2 fully saturated rings. The van der Waals surface area contributed by atoms with E-state index in [1.807, 2.05) is 98.0 Å². The Morgan fingerprint density at radius 3 is 2.14 bits per heavy atom. The third-order valence-corrected chi connectivity index (χ3v) is 11.7. The van der Waals surface area contributed by atoms with Gasteiger partial charge in [-0.15, -0.1) is 0 Å². The fourth-order valence-electron chi connectivity index (χ4n) is 7.24. The standard InChI is InChI=1S/C26H37B8N3O6/c27-22(28)23(29,30)26(34,42)37(25(32,33)24(22,31)41)10-13-4-6-14(7-5-13)12-43-18-3-1-2-15-16(18)11-36(21(15)40)17-8-9-19(38)35-20(17)39/h1-7,17,41-42H,8-12,27-34H2,(H,35,38,39). The number of likely N-dealkylation sites (tertiary alicyclic amines) is 1. The van der Waals surface area contributed by atoms with Crippen molar-refractivity contribution in [2.75, 3.05) is 0 Å². The SMILES string of the molecule is BC1(B)N(Cc2ccc(COc3cccc4c3CN(C3CCC(=O)NC3=O)C4=O)cc2)C(B)(O)C(B)(B)C(B)(B)C1(B)O. The van der Waals surface area contributed by atoms with Gasteiger partial charge in [0.1, 0.15) is 73.3 Å². The number of carbonyl (C=O) groups is 3. The van der Waals surface area contributed by atoms with Gasteiger partial charge in [0.05, 0.1) is 12.2 Å². The first-order valence-electron chi connectivity index (χ1n) is 15.0. The van der Waals surface area contributed by atoms with Crippen molar-refractivity contribution in [1.29, 1.82) is 0 Å². The lowest BCUT2D eigenvalue weighted by atomic mass is 9.14. The largest absolute Gasteiger partial charge is 0.489 e. The molecule has 216 valence electrons. The summed E-state index contributed by atoms with van der Waals surface area (Å²) in [5.41, 5.74) is 0.888. The van der Waals surface area contributed by atoms with Crippen molar-refractivity contribution in [2.45, 2.75) is 65.5 Å². The number of imide groups is 1. The molecule has 2 aromatic rings. The van der Waals surface area contributed by atoms with E-state index in [2.05, 4.69) is 5.32 Å². The molecule has 3 heterocycles. The number of amides is 3. The zero-order valence-corrected chi connectivity index (χ0v) is 26.6. The lowest BCUT2D eigenvalue weighted by molar-refractivity contribution is -0.158. The van der Waals surface area contributed by atoms with Crippen molar-refractivity contribution in [3.8, 4) is 5.75 Å². The Labute approximate surface area is 260 Å². The smallest absolute Gasteiger partial charge is 0.255 e. The minimum atomic E-state index is -1.20. The van der Waals surface area contributed by atoms with Crippen molar-refractivity contribution in [2.24, 2.45) is 0 Å². The summed E-state index contributed by atoms with van der Waals surface area (Å²) in [5.74, 6) is -0.403. The number of rotatable bonds is 6. The number of ether oxygens (including phenoxy) is 1. The van der Waals surface area contributed by atoms with Gasteiger partial charge in [-0.3, -0.25) is 24.6 Å². The quantitative estimate of drug-likeness (QED) is 0.232. The van der Waals surface area contributed by atoms with Crippen LogP contribution in [-0.4, -0.2) is 123 Å². The van der Waals surface area contributed by atoms with E-state index in [0.717, 1.165) is 16.7 Å². The molecule has 17 heteroatoms. The fourth-order valence-corrected chi connectivity index (χ4v) is 7.24. The topological polar surface area (TPSA) is 119 Å². The fraction of sp³-hybridized carbons (Fsp3) is 0.423. The minimum absolute atomic E-state index is 0.206. The number of aliphatic hydroxyl groups is 2. The van der Waals surface area contributed by atoms with Crippen LogP contribution in [0.4, 0.5) is 0 Å². The highest BCUT2D eigenvalue weighted by molar-refractivity contribution is 6.61. The van der Waals surface area contributed by atoms with E-state index >= 15 is 0 Å². The van der Waals surface area contributed by atoms with E-state index in [0.29, 0.717) is 24.3 Å². The van der Waals surface area contributed by atoms with E-state index in [1.54, 1.807) is 12.1 Å². The van der Waals surface area contributed by atoms with Crippen molar-refractivity contribution < 1.29 is 29.3 Å². The lowest BCUT2D eigenvalue weighted by Crippen LogP contribution is -2.84. The van der Waals surface area contributed by atoms with Crippen LogP contribution < -0.4 is 10.1 Å². The van der Waals surface area contributed by atoms with Gasteiger partial charge in [0.2, 0.25) is 11.8 Å². The van der Waals surface area contributed by atoms with Crippen LogP contribution in [0, 0.1) is 0 Å². The van der Waals surface area contributed by atoms with Gasteiger partial charge in [0, 0.05) is 29.6 Å². The summed E-state index contributed by atoms with van der Waals surface area (Å²) < 4.78 is 6.18. The van der Waals surface area contributed by atoms with Crippen LogP contribution in [0.25, 0.3) is 0 Å². The van der Waals surface area contributed by atoms with Gasteiger partial charge in [0.15, 0.2) is 7.85 Å². The summed E-state index contributed by atoms with van der Waals surface area (Å²) in [7, 11) is 15.8. The summed E-state index contributed by atoms with van der Waals surface area (Å²) in [6.07, 6.45) is 0.515. The van der Waals surface area contributed by atoms with Gasteiger partial charge in [-0.25, -0.2) is 0 Å². The first-order valence-corrected chi connectivity index (χ1v) is 15.0. The summed E-state index contributed by atoms with van der Waals surface area (Å²) >= 11 is 0. The highest BCUT2D eigenvalue weighted by Crippen LogP contribution is 2.62. The van der Waals surface area contributed by atoms with Gasteiger partial charge >= 0.3 is 0 Å². The molecule has 3 unspecified atom stereocenters. The number of carbonyl (C=O) groups excluding carboxylic acids is 3. The molecular weight excluding hydrogens is 537 g/mol. The minimum Gasteiger partial charge on any atom is -0.489 e. The van der Waals surface area contributed by atoms with Gasteiger partial charge in [-0.1, -0.05) is 40.8 Å². The van der Waals surface area contributed by atoms with E-state index in [4.69, 9.17) is 4.74 Å². The van der Waals surface area contributed by atoms with Crippen LogP contribution in [0.3, 0.4) is 0 Å². The Bertz CT molecular complexity index is 1450. The second kappa shape index (κ2) is 10.4. The predicted molar refractivity (Wildman–Crippen MR) is 185 cm³/mol. The summed E-state index contributed by atoms with van der Waals surface area (Å²) in [6, 6.07) is 12.6. The normalized spacial score (nSPS) is 29.6. The highest BCUT2D eigenvalue weighted by atomic mass is 16.5. The van der Waals surface area contributed by atoms with Crippen molar-refractivity contribution in [3.63, 3.8) is 0 Å². The maximum Gasteiger partial charge on any atom is 0.255 e. The molecule has 3 N–H and O–H groups in total. The molecule has 3 amide bonds. The summed E-state index contributed by atoms with van der Waals surface area (Å²) in [6.45, 7) is 0.978. The van der Waals surface area contributed by atoms with Crippen molar-refractivity contribution >= 4 is 80.5 Å². The maximum absolute atomic E-state index is 13.1. The van der Waals surface area contributed by atoms with Gasteiger partial charge in [-0.2, -0.15) is 0 Å². The van der Waals surface area contributed by atoms with E-state index in [-0.39, 0.29) is 31.4 Å². The molecule has 0 saturated carbocycles. The average Bonchev–Trinajstić information content (AvgIpc) is 3.26. The molecule has 0 aliphatic carbocycles. The molecule has 0 radical (unpaired) electrons. The average molecular weight is 574 g/mol. The summed E-state index contributed by atoms with van der Waals surface area (Å²) in [5, 5.41) is 24.2. The number of fused-ring (bicyclic) bond motifs is 1. The zero-order valence-electron chi connectivity index (χ0n) is 26.6. The third kappa shape index (κ3) is 4.73. The monoisotopic (exact) mass is 575 g/mol. The number of benzene rings is 2. The molecule has 3 aliphatic rings. The van der Waals surface area contributed by atoms with Gasteiger partial charge in [-0.05, 0) is 35.0 Å². The first-order chi connectivity index (χ1) is 19.8. The first kappa shape index (κ1) is 31.7. The maximum atomic E-state index is 13.1. The number of piperidine rings is 2. The Hall–Kier alpha value is -2.75. The Kier molecular flexibility index (Phi) is 7.67. The van der Waals surface area contributed by atoms with Crippen LogP contribution >= 0.6 is 0 Å². The van der Waals surface area contributed by atoms with Crippen LogP contribution in [0.2, 0.25) is 10.4 Å². The molecule has 0 aromatic heterocycles. The number of nitrogens with zero attached hydrogens (tertiary/aromatic N) is 2. The molecule has 3 aliphatic heterocycles. The Morgan fingerprint density at radius 1 is 0.884 bits per heavy atom. The number of hydrogen-bond donors (Lipinski definition) is 3. The van der Waals surface area contributed by atoms with E-state index < -0.39 is 38.8 Å². The molecular formula is C26H37B8N3O6. The number of nitrogens with one attached hydrogen (secondary N) is 1. The molecule has 2 aromatic carbocycles. The Morgan fingerprint density at radius 2 is 1.51 bits per heavy atom. The highest BCUT2D eigenvalue weighted by Gasteiger charge is 2.68. The van der Waals surface area contributed by atoms with Gasteiger partial charge in [0.25, 0.3) is 5.91 Å².